The number of furan rings is 4. The van der Waals surface area contributed by atoms with Crippen molar-refractivity contribution in [1.29, 1.82) is 0 Å². The molecule has 0 bridgehead atoms. The predicted octanol–water partition coefficient (Wildman–Crippen LogP) is 14.4. The van der Waals surface area contributed by atoms with Gasteiger partial charge in [-0.2, -0.15) is 0 Å². The fourth-order valence-corrected chi connectivity index (χ4v) is 8.36. The molecular weight excluding hydrogens is 655 g/mol. The van der Waals surface area contributed by atoms with Crippen LogP contribution >= 0.6 is 0 Å². The summed E-state index contributed by atoms with van der Waals surface area (Å²) in [5, 5.41) is 8.16. The largest absolute Gasteiger partial charge is 0.456 e. The summed E-state index contributed by atoms with van der Waals surface area (Å²) in [6, 6.07) is 56.5. The van der Waals surface area contributed by atoms with Gasteiger partial charge in [-0.05, 0) is 78.4 Å². The van der Waals surface area contributed by atoms with Gasteiger partial charge in [0, 0.05) is 38.2 Å². The summed E-state index contributed by atoms with van der Waals surface area (Å²) >= 11 is 0. The fourth-order valence-electron chi connectivity index (χ4n) is 8.36. The van der Waals surface area contributed by atoms with Gasteiger partial charge in [0.25, 0.3) is 0 Å². The lowest BCUT2D eigenvalue weighted by Crippen LogP contribution is -2.11. The van der Waals surface area contributed by atoms with Gasteiger partial charge in [-0.15, -0.1) is 0 Å². The maximum absolute atomic E-state index is 6.63. The lowest BCUT2D eigenvalue weighted by molar-refractivity contribution is 0.662. The SMILES string of the molecule is c1ccc(-c2ccccc2N(c2ccc3oc4ccc5c6ccccc6oc5c4c3c2)c2cccc3oc4ccc5c6ccccc6oc5c4c23)cc1. The molecule has 0 amide bonds. The molecule has 4 aromatic heterocycles. The lowest BCUT2D eigenvalue weighted by Gasteiger charge is -2.28. The van der Waals surface area contributed by atoms with Gasteiger partial charge in [0.1, 0.15) is 44.7 Å². The first-order valence-electron chi connectivity index (χ1n) is 17.7. The lowest BCUT2D eigenvalue weighted by atomic mass is 10.00. The molecule has 5 heteroatoms. The summed E-state index contributed by atoms with van der Waals surface area (Å²) in [5.74, 6) is 0. The minimum absolute atomic E-state index is 0.777. The zero-order valence-corrected chi connectivity index (χ0v) is 28.2. The Hall–Kier alpha value is -7.24. The first-order valence-corrected chi connectivity index (χ1v) is 17.7. The van der Waals surface area contributed by atoms with E-state index in [1.165, 1.54) is 0 Å². The van der Waals surface area contributed by atoms with Crippen molar-refractivity contribution in [2.45, 2.75) is 0 Å². The Morgan fingerprint density at radius 2 is 0.868 bits per heavy atom. The Bertz CT molecular complexity index is 3410. The van der Waals surface area contributed by atoms with Crippen LogP contribution in [-0.2, 0) is 0 Å². The van der Waals surface area contributed by atoms with E-state index in [0.717, 1.165) is 116 Å². The average molecular weight is 682 g/mol. The summed E-state index contributed by atoms with van der Waals surface area (Å²) in [5.41, 5.74) is 11.7. The summed E-state index contributed by atoms with van der Waals surface area (Å²) in [4.78, 5) is 2.35. The number of hydrogen-bond acceptors (Lipinski definition) is 5. The molecule has 0 aliphatic heterocycles. The van der Waals surface area contributed by atoms with E-state index >= 15 is 0 Å². The van der Waals surface area contributed by atoms with E-state index in [1.54, 1.807) is 0 Å². The van der Waals surface area contributed by atoms with Crippen molar-refractivity contribution in [3.05, 3.63) is 164 Å². The van der Waals surface area contributed by atoms with Crippen molar-refractivity contribution in [3.63, 3.8) is 0 Å². The first-order chi connectivity index (χ1) is 26.3. The Morgan fingerprint density at radius 1 is 0.321 bits per heavy atom. The van der Waals surface area contributed by atoms with Gasteiger partial charge in [0.2, 0.25) is 0 Å². The van der Waals surface area contributed by atoms with E-state index in [4.69, 9.17) is 17.7 Å². The Balaban J connectivity index is 1.20. The van der Waals surface area contributed by atoms with E-state index in [1.807, 2.05) is 30.3 Å². The van der Waals surface area contributed by atoms with Gasteiger partial charge in [-0.3, -0.25) is 0 Å². The minimum Gasteiger partial charge on any atom is -0.456 e. The first kappa shape index (κ1) is 28.5. The summed E-state index contributed by atoms with van der Waals surface area (Å²) in [6.07, 6.45) is 0. The molecule has 8 aromatic carbocycles. The molecule has 0 saturated carbocycles. The van der Waals surface area contributed by atoms with Crippen LogP contribution in [0.4, 0.5) is 17.1 Å². The Morgan fingerprint density at radius 3 is 1.64 bits per heavy atom. The molecule has 53 heavy (non-hydrogen) atoms. The smallest absolute Gasteiger partial charge is 0.147 e. The van der Waals surface area contributed by atoms with Gasteiger partial charge < -0.3 is 22.6 Å². The predicted molar refractivity (Wildman–Crippen MR) is 216 cm³/mol. The van der Waals surface area contributed by atoms with Gasteiger partial charge in [0.15, 0.2) is 0 Å². The van der Waals surface area contributed by atoms with Gasteiger partial charge in [0.05, 0.1) is 27.5 Å². The fraction of sp³-hybridized carbons (Fsp3) is 0. The highest BCUT2D eigenvalue weighted by atomic mass is 16.4. The molecule has 0 aliphatic carbocycles. The van der Waals surface area contributed by atoms with E-state index in [2.05, 4.69) is 138 Å². The van der Waals surface area contributed by atoms with Crippen molar-refractivity contribution >= 4 is 105 Å². The number of fused-ring (bicyclic) bond motifs is 14. The minimum atomic E-state index is 0.777. The molecule has 0 saturated heterocycles. The molecule has 0 aliphatic rings. The number of nitrogens with zero attached hydrogens (tertiary/aromatic N) is 1. The van der Waals surface area contributed by atoms with Gasteiger partial charge in [-0.1, -0.05) is 91.0 Å². The van der Waals surface area contributed by atoms with Gasteiger partial charge in [-0.25, -0.2) is 0 Å². The standard InChI is InChI=1S/C48H27NO4/c1-2-11-28(12-3-1)30-13-4-7-16-36(30)49(29-21-24-40-35(27-29)44-42(50-40)25-22-33-31-14-5-8-18-38(31)52-47(33)44)37-17-10-20-41-45(37)46-43(51-41)26-23-34-32-15-6-9-19-39(32)53-48(34)46/h1-27H. The zero-order chi connectivity index (χ0) is 34.6. The number of para-hydroxylation sites is 3. The number of hydrogen-bond donors (Lipinski definition) is 0. The van der Waals surface area contributed by atoms with Crippen LogP contribution in [0.5, 0.6) is 0 Å². The van der Waals surface area contributed by atoms with Crippen molar-refractivity contribution < 1.29 is 17.7 Å². The third kappa shape index (κ3) is 4.02. The molecule has 248 valence electrons. The molecule has 12 rings (SSSR count). The van der Waals surface area contributed by atoms with E-state index in [9.17, 15) is 0 Å². The molecule has 0 spiro atoms. The maximum Gasteiger partial charge on any atom is 0.147 e. The zero-order valence-electron chi connectivity index (χ0n) is 28.2. The van der Waals surface area contributed by atoms with Crippen LogP contribution in [0.1, 0.15) is 0 Å². The second kappa shape index (κ2) is 10.6. The monoisotopic (exact) mass is 681 g/mol. The third-order valence-electron chi connectivity index (χ3n) is 10.7. The van der Waals surface area contributed by atoms with Crippen LogP contribution in [0.25, 0.3) is 98.9 Å². The average Bonchev–Trinajstić information content (AvgIpc) is 3.98. The van der Waals surface area contributed by atoms with Crippen LogP contribution < -0.4 is 4.90 Å². The molecule has 5 nitrogen and oxygen atoms in total. The molecule has 0 N–H and O–H groups in total. The Labute approximate surface area is 301 Å². The normalized spacial score (nSPS) is 12.2. The van der Waals surface area contributed by atoms with Crippen molar-refractivity contribution in [3.8, 4) is 11.1 Å². The van der Waals surface area contributed by atoms with Crippen molar-refractivity contribution in [1.82, 2.24) is 0 Å². The van der Waals surface area contributed by atoms with E-state index in [-0.39, 0.29) is 0 Å². The van der Waals surface area contributed by atoms with E-state index < -0.39 is 0 Å². The van der Waals surface area contributed by atoms with Crippen molar-refractivity contribution in [2.24, 2.45) is 0 Å². The number of benzene rings is 8. The molecule has 0 fully saturated rings. The molecule has 0 unspecified atom stereocenters. The van der Waals surface area contributed by atoms with Gasteiger partial charge >= 0.3 is 0 Å². The highest BCUT2D eigenvalue weighted by molar-refractivity contribution is 6.26. The Kier molecular flexibility index (Phi) is 5.71. The molecule has 4 heterocycles. The van der Waals surface area contributed by atoms with Crippen LogP contribution in [0, 0.1) is 0 Å². The molecule has 0 radical (unpaired) electrons. The highest BCUT2D eigenvalue weighted by Crippen LogP contribution is 2.49. The summed E-state index contributed by atoms with van der Waals surface area (Å²) in [6.45, 7) is 0. The van der Waals surface area contributed by atoms with Crippen LogP contribution in [0.15, 0.2) is 181 Å². The van der Waals surface area contributed by atoms with E-state index in [0.29, 0.717) is 0 Å². The number of rotatable bonds is 4. The topological polar surface area (TPSA) is 55.8 Å². The summed E-state index contributed by atoms with van der Waals surface area (Å²) < 4.78 is 26.3. The highest BCUT2D eigenvalue weighted by Gasteiger charge is 2.25. The quantitative estimate of drug-likeness (QED) is 0.185. The molecular formula is C48H27NO4. The second-order valence-electron chi connectivity index (χ2n) is 13.6. The van der Waals surface area contributed by atoms with Crippen LogP contribution in [0.2, 0.25) is 0 Å². The van der Waals surface area contributed by atoms with Crippen LogP contribution in [-0.4, -0.2) is 0 Å². The molecule has 12 aromatic rings. The molecule has 0 atom stereocenters. The second-order valence-corrected chi connectivity index (χ2v) is 13.6. The number of anilines is 3. The maximum atomic E-state index is 6.63. The third-order valence-corrected chi connectivity index (χ3v) is 10.7. The van der Waals surface area contributed by atoms with Crippen LogP contribution in [0.3, 0.4) is 0 Å². The van der Waals surface area contributed by atoms with Crippen molar-refractivity contribution in [2.75, 3.05) is 4.90 Å². The summed E-state index contributed by atoms with van der Waals surface area (Å²) in [7, 11) is 0.